The minimum atomic E-state index is 0.0822. The molecule has 0 saturated carbocycles. The van der Waals surface area contributed by atoms with Gasteiger partial charge >= 0.3 is 0 Å². The van der Waals surface area contributed by atoms with Gasteiger partial charge in [-0.3, -0.25) is 4.79 Å². The van der Waals surface area contributed by atoms with Gasteiger partial charge in [-0.05, 0) is 55.8 Å². The number of rotatable bonds is 6. The van der Waals surface area contributed by atoms with E-state index in [0.29, 0.717) is 13.0 Å². The van der Waals surface area contributed by atoms with Gasteiger partial charge in [-0.2, -0.15) is 0 Å². The third-order valence-electron chi connectivity index (χ3n) is 3.52. The second-order valence-corrected chi connectivity index (χ2v) is 6.07. The van der Waals surface area contributed by atoms with Gasteiger partial charge in [0, 0.05) is 12.1 Å². The molecule has 0 atom stereocenters. The molecular formula is C16H26N2O. The minimum Gasteiger partial charge on any atom is -0.330 e. The molecule has 0 spiro atoms. The molecule has 0 aliphatic rings. The molecule has 0 aliphatic carbocycles. The molecule has 0 heterocycles. The highest BCUT2D eigenvalue weighted by Gasteiger charge is 2.18. The van der Waals surface area contributed by atoms with Gasteiger partial charge < -0.3 is 11.1 Å². The van der Waals surface area contributed by atoms with Crippen LogP contribution in [-0.4, -0.2) is 12.5 Å². The highest BCUT2D eigenvalue weighted by molar-refractivity contribution is 5.91. The summed E-state index contributed by atoms with van der Waals surface area (Å²) in [6, 6.07) is 6.09. The molecule has 0 saturated heterocycles. The number of carbonyl (C=O) groups excluding carboxylic acids is 1. The number of hydrogen-bond donors (Lipinski definition) is 2. The van der Waals surface area contributed by atoms with E-state index in [0.717, 1.165) is 29.7 Å². The molecule has 1 rings (SSSR count). The lowest BCUT2D eigenvalue weighted by Gasteiger charge is -2.23. The van der Waals surface area contributed by atoms with E-state index in [1.54, 1.807) is 0 Å². The van der Waals surface area contributed by atoms with Crippen molar-refractivity contribution in [2.24, 2.45) is 11.1 Å². The lowest BCUT2D eigenvalue weighted by Crippen LogP contribution is -2.20. The first-order chi connectivity index (χ1) is 8.84. The van der Waals surface area contributed by atoms with Crippen molar-refractivity contribution in [3.63, 3.8) is 0 Å². The third-order valence-corrected chi connectivity index (χ3v) is 3.52. The van der Waals surface area contributed by atoms with Crippen LogP contribution >= 0.6 is 0 Å². The summed E-state index contributed by atoms with van der Waals surface area (Å²) >= 11 is 0. The number of anilines is 1. The number of benzene rings is 1. The van der Waals surface area contributed by atoms with E-state index in [9.17, 15) is 4.79 Å². The highest BCUT2D eigenvalue weighted by Crippen LogP contribution is 2.26. The number of amides is 1. The van der Waals surface area contributed by atoms with Crippen LogP contribution in [0, 0.1) is 19.3 Å². The average molecular weight is 262 g/mol. The molecule has 0 bridgehead atoms. The third kappa shape index (κ3) is 5.43. The first-order valence-electron chi connectivity index (χ1n) is 6.91. The number of nitrogens with one attached hydrogen (secondary N) is 1. The Bertz CT molecular complexity index is 438. The van der Waals surface area contributed by atoms with Crippen molar-refractivity contribution in [3.8, 4) is 0 Å². The van der Waals surface area contributed by atoms with Gasteiger partial charge in [0.15, 0.2) is 0 Å². The highest BCUT2D eigenvalue weighted by atomic mass is 16.1. The number of hydrogen-bond acceptors (Lipinski definition) is 2. The smallest absolute Gasteiger partial charge is 0.224 e. The molecule has 1 aromatic carbocycles. The van der Waals surface area contributed by atoms with Gasteiger partial charge in [0.2, 0.25) is 5.91 Å². The zero-order valence-electron chi connectivity index (χ0n) is 12.5. The Kier molecular flexibility index (Phi) is 5.55. The van der Waals surface area contributed by atoms with Crippen LogP contribution in [-0.2, 0) is 4.79 Å². The van der Waals surface area contributed by atoms with Crippen LogP contribution in [0.3, 0.4) is 0 Å². The maximum Gasteiger partial charge on any atom is 0.224 e. The Morgan fingerprint density at radius 2 is 1.95 bits per heavy atom. The molecule has 0 aliphatic heterocycles. The van der Waals surface area contributed by atoms with Crippen molar-refractivity contribution in [1.82, 2.24) is 0 Å². The zero-order chi connectivity index (χ0) is 14.5. The predicted molar refractivity (Wildman–Crippen MR) is 81.2 cm³/mol. The summed E-state index contributed by atoms with van der Waals surface area (Å²) in [6.45, 7) is 9.02. The van der Waals surface area contributed by atoms with Gasteiger partial charge in [0.25, 0.3) is 0 Å². The monoisotopic (exact) mass is 262 g/mol. The molecule has 0 fully saturated rings. The summed E-state index contributed by atoms with van der Waals surface area (Å²) in [7, 11) is 0. The van der Waals surface area contributed by atoms with E-state index in [4.69, 9.17) is 5.73 Å². The van der Waals surface area contributed by atoms with Crippen LogP contribution in [0.15, 0.2) is 18.2 Å². The average Bonchev–Trinajstić information content (AvgIpc) is 2.31. The predicted octanol–water partition coefficient (Wildman–Crippen LogP) is 3.40. The molecule has 0 unspecified atom stereocenters. The normalized spacial score (nSPS) is 11.4. The number of carbonyl (C=O) groups is 1. The summed E-state index contributed by atoms with van der Waals surface area (Å²) in [5.41, 5.74) is 8.89. The minimum absolute atomic E-state index is 0.0822. The van der Waals surface area contributed by atoms with Crippen molar-refractivity contribution in [1.29, 1.82) is 0 Å². The molecule has 0 radical (unpaired) electrons. The van der Waals surface area contributed by atoms with Gasteiger partial charge in [0.1, 0.15) is 0 Å². The summed E-state index contributed by atoms with van der Waals surface area (Å²) < 4.78 is 0. The second kappa shape index (κ2) is 6.71. The van der Waals surface area contributed by atoms with Crippen molar-refractivity contribution < 1.29 is 4.79 Å². The summed E-state index contributed by atoms with van der Waals surface area (Å²) in [4.78, 5) is 12.0. The van der Waals surface area contributed by atoms with Crippen LogP contribution in [0.4, 0.5) is 5.69 Å². The van der Waals surface area contributed by atoms with Crippen LogP contribution < -0.4 is 11.1 Å². The van der Waals surface area contributed by atoms with Crippen molar-refractivity contribution >= 4 is 11.6 Å². The summed E-state index contributed by atoms with van der Waals surface area (Å²) in [6.07, 6.45) is 2.35. The molecule has 3 nitrogen and oxygen atoms in total. The molecular weight excluding hydrogens is 236 g/mol. The van der Waals surface area contributed by atoms with Gasteiger partial charge in [-0.1, -0.05) is 26.0 Å². The topological polar surface area (TPSA) is 55.1 Å². The Labute approximate surface area is 116 Å². The van der Waals surface area contributed by atoms with Gasteiger partial charge in [-0.25, -0.2) is 0 Å². The fourth-order valence-corrected chi connectivity index (χ4v) is 2.05. The standard InChI is InChI=1S/C16H26N2O/c1-12-5-6-13(2)14(11-12)18-15(19)7-8-16(3,4)9-10-17/h5-6,11H,7-10,17H2,1-4H3,(H,18,19). The van der Waals surface area contributed by atoms with Crippen LogP contribution in [0.25, 0.3) is 0 Å². The van der Waals surface area contributed by atoms with Crippen LogP contribution in [0.1, 0.15) is 44.2 Å². The van der Waals surface area contributed by atoms with Crippen LogP contribution in [0.2, 0.25) is 0 Å². The summed E-state index contributed by atoms with van der Waals surface area (Å²) in [5, 5.41) is 3.00. The van der Waals surface area contributed by atoms with E-state index in [1.165, 1.54) is 0 Å². The largest absolute Gasteiger partial charge is 0.330 e. The molecule has 106 valence electrons. The maximum absolute atomic E-state index is 12.0. The quantitative estimate of drug-likeness (QED) is 0.825. The van der Waals surface area contributed by atoms with Crippen molar-refractivity contribution in [2.45, 2.75) is 47.0 Å². The molecule has 1 aromatic rings. The molecule has 0 aromatic heterocycles. The van der Waals surface area contributed by atoms with Crippen molar-refractivity contribution in [3.05, 3.63) is 29.3 Å². The fraction of sp³-hybridized carbons (Fsp3) is 0.562. The molecule has 19 heavy (non-hydrogen) atoms. The molecule has 3 N–H and O–H groups in total. The second-order valence-electron chi connectivity index (χ2n) is 6.07. The van der Waals surface area contributed by atoms with Crippen molar-refractivity contribution in [2.75, 3.05) is 11.9 Å². The number of nitrogens with two attached hydrogens (primary N) is 1. The van der Waals surface area contributed by atoms with E-state index < -0.39 is 0 Å². The van der Waals surface area contributed by atoms with E-state index >= 15 is 0 Å². The Morgan fingerprint density at radius 1 is 1.26 bits per heavy atom. The van der Waals surface area contributed by atoms with E-state index in [-0.39, 0.29) is 11.3 Å². The Balaban J connectivity index is 2.54. The lowest BCUT2D eigenvalue weighted by atomic mass is 9.84. The Morgan fingerprint density at radius 3 is 2.58 bits per heavy atom. The molecule has 1 amide bonds. The summed E-state index contributed by atoms with van der Waals surface area (Å²) in [5.74, 6) is 0.0822. The maximum atomic E-state index is 12.0. The van der Waals surface area contributed by atoms with Crippen LogP contribution in [0.5, 0.6) is 0 Å². The van der Waals surface area contributed by atoms with E-state index in [1.807, 2.05) is 26.0 Å². The SMILES string of the molecule is Cc1ccc(C)c(NC(=O)CCC(C)(C)CCN)c1. The first kappa shape index (κ1) is 15.7. The van der Waals surface area contributed by atoms with Gasteiger partial charge in [-0.15, -0.1) is 0 Å². The number of aryl methyl sites for hydroxylation is 2. The zero-order valence-corrected chi connectivity index (χ0v) is 12.5. The fourth-order valence-electron chi connectivity index (χ4n) is 2.05. The van der Waals surface area contributed by atoms with E-state index in [2.05, 4.69) is 25.2 Å². The lowest BCUT2D eigenvalue weighted by molar-refractivity contribution is -0.116. The van der Waals surface area contributed by atoms with Gasteiger partial charge in [0.05, 0.1) is 0 Å². The Hall–Kier alpha value is -1.35. The first-order valence-corrected chi connectivity index (χ1v) is 6.91. The molecule has 3 heteroatoms.